The molecule has 4 aromatic rings. The van der Waals surface area contributed by atoms with Crippen LogP contribution in [0.2, 0.25) is 0 Å². The molecule has 0 bridgehead atoms. The number of nitrogens with one attached hydrogen (secondary N) is 2. The number of benzene rings is 2. The summed E-state index contributed by atoms with van der Waals surface area (Å²) in [6.07, 6.45) is 2.22. The summed E-state index contributed by atoms with van der Waals surface area (Å²) in [4.78, 5) is 20.2. The third kappa shape index (κ3) is 3.15. The van der Waals surface area contributed by atoms with Crippen molar-refractivity contribution in [3.8, 4) is 5.75 Å². The molecule has 0 radical (unpaired) electrons. The van der Waals surface area contributed by atoms with E-state index in [-0.39, 0.29) is 5.91 Å². The molecule has 5 nitrogen and oxygen atoms in total. The zero-order valence-corrected chi connectivity index (χ0v) is 15.4. The van der Waals surface area contributed by atoms with Gasteiger partial charge in [0.2, 0.25) is 5.91 Å². The molecule has 2 N–H and O–H groups in total. The number of hydrogen-bond acceptors (Lipinski definition) is 4. The highest BCUT2D eigenvalue weighted by molar-refractivity contribution is 7.22. The summed E-state index contributed by atoms with van der Waals surface area (Å²) in [6.45, 7) is 4.63. The number of aryl methyl sites for hydroxylation is 1. The van der Waals surface area contributed by atoms with Crippen LogP contribution in [-0.2, 0) is 11.2 Å². The predicted octanol–water partition coefficient (Wildman–Crippen LogP) is 4.67. The first kappa shape index (κ1) is 16.6. The number of thiazole rings is 1. The largest absolute Gasteiger partial charge is 0.494 e. The topological polar surface area (TPSA) is 67.0 Å². The molecule has 0 atom stereocenters. The van der Waals surface area contributed by atoms with Crippen LogP contribution in [0.5, 0.6) is 5.75 Å². The van der Waals surface area contributed by atoms with Crippen LogP contribution in [0.25, 0.3) is 21.1 Å². The highest BCUT2D eigenvalue weighted by Gasteiger charge is 2.13. The molecule has 0 aliphatic carbocycles. The molecular formula is C20H19N3O2S. The van der Waals surface area contributed by atoms with E-state index >= 15 is 0 Å². The molecule has 0 aliphatic rings. The van der Waals surface area contributed by atoms with Crippen LogP contribution in [0, 0.1) is 6.92 Å². The zero-order chi connectivity index (χ0) is 18.1. The summed E-state index contributed by atoms with van der Waals surface area (Å²) in [6, 6.07) is 11.8. The Morgan fingerprint density at radius 3 is 3.04 bits per heavy atom. The van der Waals surface area contributed by atoms with Gasteiger partial charge in [0.15, 0.2) is 5.13 Å². The van der Waals surface area contributed by atoms with Crippen molar-refractivity contribution in [1.82, 2.24) is 9.97 Å². The van der Waals surface area contributed by atoms with Gasteiger partial charge in [0.1, 0.15) is 5.75 Å². The Morgan fingerprint density at radius 1 is 1.31 bits per heavy atom. The highest BCUT2D eigenvalue weighted by atomic mass is 32.1. The lowest BCUT2D eigenvalue weighted by atomic mass is 10.1. The van der Waals surface area contributed by atoms with Gasteiger partial charge in [-0.25, -0.2) is 4.98 Å². The van der Waals surface area contributed by atoms with Crippen LogP contribution in [0.1, 0.15) is 18.1 Å². The van der Waals surface area contributed by atoms with E-state index in [0.29, 0.717) is 18.2 Å². The van der Waals surface area contributed by atoms with E-state index < -0.39 is 0 Å². The average Bonchev–Trinajstić information content (AvgIpc) is 3.19. The number of H-pyrrole nitrogens is 1. The maximum Gasteiger partial charge on any atom is 0.230 e. The van der Waals surface area contributed by atoms with Crippen LogP contribution in [0.15, 0.2) is 42.6 Å². The Morgan fingerprint density at radius 2 is 2.19 bits per heavy atom. The molecule has 0 spiro atoms. The molecule has 132 valence electrons. The Kier molecular flexibility index (Phi) is 4.34. The zero-order valence-electron chi connectivity index (χ0n) is 14.6. The lowest BCUT2D eigenvalue weighted by Gasteiger charge is -2.02. The fourth-order valence-corrected chi connectivity index (χ4v) is 4.05. The number of aromatic nitrogens is 2. The molecular weight excluding hydrogens is 346 g/mol. The molecule has 0 saturated heterocycles. The minimum Gasteiger partial charge on any atom is -0.494 e. The number of ether oxygens (including phenoxy) is 1. The number of rotatable bonds is 5. The van der Waals surface area contributed by atoms with Crippen LogP contribution >= 0.6 is 11.3 Å². The van der Waals surface area contributed by atoms with Gasteiger partial charge in [-0.15, -0.1) is 0 Å². The van der Waals surface area contributed by atoms with E-state index in [1.165, 1.54) is 11.3 Å². The van der Waals surface area contributed by atoms with Crippen molar-refractivity contribution >= 4 is 43.5 Å². The van der Waals surface area contributed by atoms with Gasteiger partial charge in [-0.05, 0) is 49.2 Å². The van der Waals surface area contributed by atoms with Gasteiger partial charge in [0, 0.05) is 17.1 Å². The summed E-state index contributed by atoms with van der Waals surface area (Å²) >= 11 is 1.45. The van der Waals surface area contributed by atoms with Crippen molar-refractivity contribution in [3.05, 3.63) is 53.7 Å². The molecule has 0 saturated carbocycles. The molecule has 2 heterocycles. The van der Waals surface area contributed by atoms with Crippen molar-refractivity contribution in [2.24, 2.45) is 0 Å². The van der Waals surface area contributed by atoms with Gasteiger partial charge >= 0.3 is 0 Å². The van der Waals surface area contributed by atoms with Crippen molar-refractivity contribution < 1.29 is 9.53 Å². The van der Waals surface area contributed by atoms with Crippen LogP contribution < -0.4 is 10.1 Å². The predicted molar refractivity (Wildman–Crippen MR) is 106 cm³/mol. The first-order valence-electron chi connectivity index (χ1n) is 8.53. The van der Waals surface area contributed by atoms with Gasteiger partial charge in [0.25, 0.3) is 0 Å². The van der Waals surface area contributed by atoms with Crippen molar-refractivity contribution in [1.29, 1.82) is 0 Å². The quantitative estimate of drug-likeness (QED) is 0.540. The summed E-state index contributed by atoms with van der Waals surface area (Å²) in [7, 11) is 0. The molecule has 26 heavy (non-hydrogen) atoms. The third-order valence-corrected chi connectivity index (χ3v) is 5.20. The van der Waals surface area contributed by atoms with E-state index in [2.05, 4.69) is 28.3 Å². The minimum absolute atomic E-state index is 0.0711. The maximum atomic E-state index is 12.5. The van der Waals surface area contributed by atoms with Gasteiger partial charge in [0.05, 0.1) is 23.2 Å². The number of hydrogen-bond donors (Lipinski definition) is 2. The monoisotopic (exact) mass is 365 g/mol. The number of nitrogens with zero attached hydrogens (tertiary/aromatic N) is 1. The van der Waals surface area contributed by atoms with Gasteiger partial charge in [-0.2, -0.15) is 0 Å². The number of amides is 1. The fraction of sp³-hybridized carbons (Fsp3) is 0.200. The normalized spacial score (nSPS) is 11.2. The van der Waals surface area contributed by atoms with Crippen molar-refractivity contribution in [2.45, 2.75) is 20.3 Å². The number of carbonyl (C=O) groups is 1. The summed E-state index contributed by atoms with van der Waals surface area (Å²) in [5.41, 5.74) is 4.07. The molecule has 1 amide bonds. The molecule has 2 aromatic carbocycles. The number of anilines is 1. The first-order valence-corrected chi connectivity index (χ1v) is 9.34. The van der Waals surface area contributed by atoms with Gasteiger partial charge < -0.3 is 15.0 Å². The van der Waals surface area contributed by atoms with E-state index in [4.69, 9.17) is 4.74 Å². The molecule has 4 rings (SSSR count). The Hall–Kier alpha value is -2.86. The smallest absolute Gasteiger partial charge is 0.230 e. The third-order valence-electron chi connectivity index (χ3n) is 4.26. The summed E-state index contributed by atoms with van der Waals surface area (Å²) in [5, 5.41) is 4.64. The lowest BCUT2D eigenvalue weighted by Crippen LogP contribution is -2.14. The van der Waals surface area contributed by atoms with E-state index in [1.807, 2.05) is 43.5 Å². The fourth-order valence-electron chi connectivity index (χ4n) is 3.14. The maximum absolute atomic E-state index is 12.5. The van der Waals surface area contributed by atoms with Crippen molar-refractivity contribution in [2.75, 3.05) is 11.9 Å². The van der Waals surface area contributed by atoms with Gasteiger partial charge in [-0.3, -0.25) is 4.79 Å². The SMILES string of the molecule is CCOc1ccc2nc(NC(=O)Cc3c[nH]c4cccc(C)c34)sc2c1. The highest BCUT2D eigenvalue weighted by Crippen LogP contribution is 2.29. The Bertz CT molecular complexity index is 1100. The molecule has 0 fully saturated rings. The molecule has 2 aromatic heterocycles. The van der Waals surface area contributed by atoms with Crippen LogP contribution in [-0.4, -0.2) is 22.5 Å². The number of aromatic amines is 1. The molecule has 0 unspecified atom stereocenters. The van der Waals surface area contributed by atoms with Crippen LogP contribution in [0.3, 0.4) is 0 Å². The standard InChI is InChI=1S/C20H19N3O2S/c1-3-25-14-7-8-15-17(10-14)26-20(22-15)23-18(24)9-13-11-21-16-6-4-5-12(2)19(13)16/h4-8,10-11,21H,3,9H2,1-2H3,(H,22,23,24). The second-order valence-electron chi connectivity index (χ2n) is 6.12. The average molecular weight is 365 g/mol. The summed E-state index contributed by atoms with van der Waals surface area (Å²) in [5.74, 6) is 0.744. The van der Waals surface area contributed by atoms with Gasteiger partial charge in [-0.1, -0.05) is 23.5 Å². The number of fused-ring (bicyclic) bond motifs is 2. The molecule has 0 aliphatic heterocycles. The summed E-state index contributed by atoms with van der Waals surface area (Å²) < 4.78 is 6.51. The Balaban J connectivity index is 1.53. The van der Waals surface area contributed by atoms with E-state index in [0.717, 1.165) is 38.0 Å². The first-order chi connectivity index (χ1) is 12.6. The minimum atomic E-state index is -0.0711. The second kappa shape index (κ2) is 6.80. The second-order valence-corrected chi connectivity index (χ2v) is 7.15. The van der Waals surface area contributed by atoms with Crippen LogP contribution in [0.4, 0.5) is 5.13 Å². The number of carbonyl (C=O) groups excluding carboxylic acids is 1. The molecule has 6 heteroatoms. The lowest BCUT2D eigenvalue weighted by molar-refractivity contribution is -0.115. The van der Waals surface area contributed by atoms with E-state index in [9.17, 15) is 4.79 Å². The Labute approximate surface area is 155 Å². The van der Waals surface area contributed by atoms with E-state index in [1.54, 1.807) is 0 Å². The van der Waals surface area contributed by atoms with Crippen molar-refractivity contribution in [3.63, 3.8) is 0 Å².